The Morgan fingerprint density at radius 3 is 2.72 bits per heavy atom. The van der Waals surface area contributed by atoms with Gasteiger partial charge in [0.2, 0.25) is 0 Å². The Kier molecular flexibility index (Phi) is 2.74. The topological polar surface area (TPSA) is 54.7 Å². The van der Waals surface area contributed by atoms with E-state index < -0.39 is 0 Å². The fourth-order valence-electron chi connectivity index (χ4n) is 2.36. The van der Waals surface area contributed by atoms with Gasteiger partial charge in [-0.3, -0.25) is 5.10 Å². The molecule has 1 aliphatic rings. The fourth-order valence-corrected chi connectivity index (χ4v) is 2.62. The largest absolute Gasteiger partial charge is 0.382 e. The lowest BCUT2D eigenvalue weighted by molar-refractivity contribution is 0.411. The van der Waals surface area contributed by atoms with Crippen molar-refractivity contribution >= 4 is 17.4 Å². The van der Waals surface area contributed by atoms with Gasteiger partial charge in [0.15, 0.2) is 5.82 Å². The van der Waals surface area contributed by atoms with Crippen LogP contribution in [0.2, 0.25) is 5.02 Å². The van der Waals surface area contributed by atoms with Gasteiger partial charge >= 0.3 is 0 Å². The van der Waals surface area contributed by atoms with Crippen LogP contribution < -0.4 is 5.73 Å². The first-order valence-electron chi connectivity index (χ1n) is 5.96. The van der Waals surface area contributed by atoms with Crippen molar-refractivity contribution in [1.82, 2.24) is 10.2 Å². The number of H-pyrrole nitrogens is 1. The first kappa shape index (κ1) is 11.5. The van der Waals surface area contributed by atoms with E-state index in [2.05, 4.69) is 10.2 Å². The number of nitrogens with zero attached hydrogens (tertiary/aromatic N) is 1. The average Bonchev–Trinajstić information content (AvgIpc) is 2.59. The Morgan fingerprint density at radius 1 is 1.33 bits per heavy atom. The number of rotatable bonds is 2. The third-order valence-corrected chi connectivity index (χ3v) is 3.86. The van der Waals surface area contributed by atoms with E-state index in [1.54, 1.807) is 12.1 Å². The highest BCUT2D eigenvalue weighted by Crippen LogP contribution is 2.44. The molecule has 0 atom stereocenters. The molecular formula is C13H13ClFN3. The molecule has 2 aromatic rings. The smallest absolute Gasteiger partial charge is 0.153 e. The van der Waals surface area contributed by atoms with E-state index in [0.29, 0.717) is 27.9 Å². The summed E-state index contributed by atoms with van der Waals surface area (Å²) in [6.07, 6.45) is 3.36. The van der Waals surface area contributed by atoms with Gasteiger partial charge in [-0.15, -0.1) is 0 Å². The Balaban J connectivity index is 2.19. The van der Waals surface area contributed by atoms with Gasteiger partial charge in [0.25, 0.3) is 0 Å². The molecule has 1 heterocycles. The van der Waals surface area contributed by atoms with Gasteiger partial charge in [0.05, 0.1) is 10.6 Å². The number of halogens is 2. The second-order valence-electron chi connectivity index (χ2n) is 4.62. The summed E-state index contributed by atoms with van der Waals surface area (Å²) in [6.45, 7) is 0. The SMILES string of the molecule is Nc1n[nH]c(C2CCC2)c1-c1c(F)cccc1Cl. The van der Waals surface area contributed by atoms with Crippen LogP contribution in [0.15, 0.2) is 18.2 Å². The lowest BCUT2D eigenvalue weighted by Gasteiger charge is -2.25. The number of benzene rings is 1. The zero-order chi connectivity index (χ0) is 12.7. The minimum Gasteiger partial charge on any atom is -0.382 e. The molecule has 1 aromatic carbocycles. The van der Waals surface area contributed by atoms with E-state index in [9.17, 15) is 4.39 Å². The number of nitrogen functional groups attached to an aromatic ring is 1. The molecule has 0 spiro atoms. The number of nitrogens with one attached hydrogen (secondary N) is 1. The van der Waals surface area contributed by atoms with Crippen LogP contribution in [0.5, 0.6) is 0 Å². The van der Waals surface area contributed by atoms with Crippen molar-refractivity contribution in [3.8, 4) is 11.1 Å². The Bertz CT molecular complexity index is 570. The molecule has 94 valence electrons. The maximum atomic E-state index is 14.0. The third-order valence-electron chi connectivity index (χ3n) is 3.55. The maximum Gasteiger partial charge on any atom is 0.153 e. The van der Waals surface area contributed by atoms with Crippen LogP contribution in [0.4, 0.5) is 10.2 Å². The second kappa shape index (κ2) is 4.28. The molecule has 0 saturated heterocycles. The normalized spacial score (nSPS) is 15.7. The van der Waals surface area contributed by atoms with E-state index in [0.717, 1.165) is 18.5 Å². The predicted octanol–water partition coefficient (Wildman–Crippen LogP) is 3.72. The van der Waals surface area contributed by atoms with E-state index >= 15 is 0 Å². The zero-order valence-electron chi connectivity index (χ0n) is 9.71. The van der Waals surface area contributed by atoms with Gasteiger partial charge in [-0.05, 0) is 25.0 Å². The summed E-state index contributed by atoms with van der Waals surface area (Å²) in [5.41, 5.74) is 7.75. The van der Waals surface area contributed by atoms with Gasteiger partial charge < -0.3 is 5.73 Å². The average molecular weight is 266 g/mol. The van der Waals surface area contributed by atoms with Crippen LogP contribution in [-0.2, 0) is 0 Å². The van der Waals surface area contributed by atoms with Crippen molar-refractivity contribution in [2.45, 2.75) is 25.2 Å². The summed E-state index contributed by atoms with van der Waals surface area (Å²) >= 11 is 6.09. The summed E-state index contributed by atoms with van der Waals surface area (Å²) < 4.78 is 14.0. The first-order chi connectivity index (χ1) is 8.68. The molecule has 0 radical (unpaired) electrons. The van der Waals surface area contributed by atoms with Crippen molar-refractivity contribution in [1.29, 1.82) is 0 Å². The standard InChI is InChI=1S/C13H13ClFN3/c14-8-5-2-6-9(15)10(8)11-12(7-3-1-4-7)17-18-13(11)16/h2,5-7H,1,3-4H2,(H3,16,17,18). The maximum absolute atomic E-state index is 14.0. The number of aromatic nitrogens is 2. The number of hydrogen-bond donors (Lipinski definition) is 2. The number of hydrogen-bond acceptors (Lipinski definition) is 2. The Morgan fingerprint density at radius 2 is 2.11 bits per heavy atom. The zero-order valence-corrected chi connectivity index (χ0v) is 10.5. The molecular weight excluding hydrogens is 253 g/mol. The number of aromatic amines is 1. The molecule has 3 rings (SSSR count). The van der Waals surface area contributed by atoms with Gasteiger partial charge in [0.1, 0.15) is 5.82 Å². The number of nitrogens with two attached hydrogens (primary N) is 1. The molecule has 1 saturated carbocycles. The molecule has 5 heteroatoms. The van der Waals surface area contributed by atoms with E-state index in [4.69, 9.17) is 17.3 Å². The summed E-state index contributed by atoms with van der Waals surface area (Å²) in [5.74, 6) is 0.334. The van der Waals surface area contributed by atoms with E-state index in [-0.39, 0.29) is 5.82 Å². The van der Waals surface area contributed by atoms with Crippen molar-refractivity contribution in [2.75, 3.05) is 5.73 Å². The van der Waals surface area contributed by atoms with Gasteiger partial charge in [-0.2, -0.15) is 5.10 Å². The highest BCUT2D eigenvalue weighted by molar-refractivity contribution is 6.33. The van der Waals surface area contributed by atoms with Crippen molar-refractivity contribution < 1.29 is 4.39 Å². The van der Waals surface area contributed by atoms with Crippen LogP contribution in [-0.4, -0.2) is 10.2 Å². The van der Waals surface area contributed by atoms with Crippen molar-refractivity contribution in [3.05, 3.63) is 34.7 Å². The lowest BCUT2D eigenvalue weighted by atomic mass is 9.80. The van der Waals surface area contributed by atoms with Gasteiger partial charge in [0, 0.05) is 17.2 Å². The summed E-state index contributed by atoms with van der Waals surface area (Å²) in [5, 5.41) is 7.30. The van der Waals surface area contributed by atoms with E-state index in [1.807, 2.05) is 0 Å². The lowest BCUT2D eigenvalue weighted by Crippen LogP contribution is -2.10. The highest BCUT2D eigenvalue weighted by atomic mass is 35.5. The summed E-state index contributed by atoms with van der Waals surface area (Å²) in [4.78, 5) is 0. The molecule has 1 aromatic heterocycles. The summed E-state index contributed by atoms with van der Waals surface area (Å²) in [7, 11) is 0. The molecule has 1 aliphatic carbocycles. The third kappa shape index (κ3) is 1.68. The van der Waals surface area contributed by atoms with Gasteiger partial charge in [-0.25, -0.2) is 4.39 Å². The van der Waals surface area contributed by atoms with Crippen molar-refractivity contribution in [2.24, 2.45) is 0 Å². The fraction of sp³-hybridized carbons (Fsp3) is 0.308. The van der Waals surface area contributed by atoms with Crippen molar-refractivity contribution in [3.63, 3.8) is 0 Å². The first-order valence-corrected chi connectivity index (χ1v) is 6.34. The number of anilines is 1. The molecule has 0 aliphatic heterocycles. The predicted molar refractivity (Wildman–Crippen MR) is 70.0 cm³/mol. The molecule has 18 heavy (non-hydrogen) atoms. The van der Waals surface area contributed by atoms with Crippen LogP contribution in [0.3, 0.4) is 0 Å². The van der Waals surface area contributed by atoms with Crippen LogP contribution in [0, 0.1) is 5.82 Å². The highest BCUT2D eigenvalue weighted by Gasteiger charge is 2.28. The Hall–Kier alpha value is -1.55. The van der Waals surface area contributed by atoms with Gasteiger partial charge in [-0.1, -0.05) is 24.1 Å². The minimum absolute atomic E-state index is 0.309. The van der Waals surface area contributed by atoms with E-state index in [1.165, 1.54) is 12.5 Å². The molecule has 0 unspecified atom stereocenters. The molecule has 0 amide bonds. The molecule has 3 nitrogen and oxygen atoms in total. The molecule has 1 fully saturated rings. The minimum atomic E-state index is -0.365. The van der Waals surface area contributed by atoms with Crippen LogP contribution >= 0.6 is 11.6 Å². The monoisotopic (exact) mass is 265 g/mol. The molecule has 0 bridgehead atoms. The second-order valence-corrected chi connectivity index (χ2v) is 5.03. The van der Waals surface area contributed by atoms with Crippen LogP contribution in [0.25, 0.3) is 11.1 Å². The quantitative estimate of drug-likeness (QED) is 0.869. The molecule has 3 N–H and O–H groups in total. The summed E-state index contributed by atoms with van der Waals surface area (Å²) in [6, 6.07) is 4.63. The van der Waals surface area contributed by atoms with Crippen LogP contribution in [0.1, 0.15) is 30.9 Å². The Labute approximate surface area is 109 Å².